The van der Waals surface area contributed by atoms with Crippen molar-refractivity contribution in [3.05, 3.63) is 58.4 Å². The lowest BCUT2D eigenvalue weighted by atomic mass is 10.1. The van der Waals surface area contributed by atoms with Crippen molar-refractivity contribution in [2.75, 3.05) is 11.1 Å². The third kappa shape index (κ3) is 4.48. The minimum absolute atomic E-state index is 0.0646. The van der Waals surface area contributed by atoms with Crippen LogP contribution in [-0.4, -0.2) is 11.7 Å². The number of hydrogen-bond acceptors (Lipinski definition) is 2. The van der Waals surface area contributed by atoms with Gasteiger partial charge in [0.2, 0.25) is 5.91 Å². The fourth-order valence-electron chi connectivity index (χ4n) is 1.86. The predicted molar refractivity (Wildman–Crippen MR) is 86.7 cm³/mol. The Morgan fingerprint density at radius 2 is 2.00 bits per heavy atom. The number of anilines is 1. The van der Waals surface area contributed by atoms with Crippen molar-refractivity contribution in [1.82, 2.24) is 0 Å². The summed E-state index contributed by atoms with van der Waals surface area (Å²) in [5, 5.41) is 2.93. The number of rotatable bonds is 4. The van der Waals surface area contributed by atoms with Crippen molar-refractivity contribution < 1.29 is 9.18 Å². The highest BCUT2D eigenvalue weighted by molar-refractivity contribution is 8.00. The third-order valence-corrected chi connectivity index (χ3v) is 4.20. The molecular weight excluding hydrogens is 309 g/mol. The van der Waals surface area contributed by atoms with Crippen LogP contribution in [0, 0.1) is 19.7 Å². The largest absolute Gasteiger partial charge is 0.325 e. The summed E-state index contributed by atoms with van der Waals surface area (Å²) in [6.07, 6.45) is 0. The zero-order chi connectivity index (χ0) is 15.4. The molecule has 0 spiro atoms. The van der Waals surface area contributed by atoms with E-state index in [2.05, 4.69) is 5.32 Å². The molecule has 0 heterocycles. The first-order valence-corrected chi connectivity index (χ1v) is 7.77. The Balaban J connectivity index is 1.94. The number of carbonyl (C=O) groups is 1. The fourth-order valence-corrected chi connectivity index (χ4v) is 2.84. The zero-order valence-electron chi connectivity index (χ0n) is 11.7. The Labute approximate surface area is 132 Å². The van der Waals surface area contributed by atoms with Crippen LogP contribution in [0.2, 0.25) is 5.02 Å². The monoisotopic (exact) mass is 323 g/mol. The SMILES string of the molecule is Cc1ccc(NC(=O)CSc2ccc(F)c(Cl)c2)c(C)c1. The quantitative estimate of drug-likeness (QED) is 0.817. The summed E-state index contributed by atoms with van der Waals surface area (Å²) in [6.45, 7) is 3.96. The highest BCUT2D eigenvalue weighted by Crippen LogP contribution is 2.24. The van der Waals surface area contributed by atoms with Gasteiger partial charge in [-0.1, -0.05) is 29.3 Å². The number of aryl methyl sites for hydroxylation is 2. The van der Waals surface area contributed by atoms with E-state index in [1.165, 1.54) is 23.9 Å². The van der Waals surface area contributed by atoms with E-state index in [0.29, 0.717) is 0 Å². The van der Waals surface area contributed by atoms with Crippen LogP contribution in [0.15, 0.2) is 41.3 Å². The number of carbonyl (C=O) groups excluding carboxylic acids is 1. The summed E-state index contributed by atoms with van der Waals surface area (Å²) in [7, 11) is 0. The normalized spacial score (nSPS) is 10.5. The van der Waals surface area contributed by atoms with Gasteiger partial charge in [-0.3, -0.25) is 4.79 Å². The Hall–Kier alpha value is -1.52. The minimum Gasteiger partial charge on any atom is -0.325 e. The molecule has 2 rings (SSSR count). The lowest BCUT2D eigenvalue weighted by Crippen LogP contribution is -2.14. The average Bonchev–Trinajstić information content (AvgIpc) is 2.43. The molecule has 21 heavy (non-hydrogen) atoms. The number of nitrogens with one attached hydrogen (secondary N) is 1. The topological polar surface area (TPSA) is 29.1 Å². The summed E-state index contributed by atoms with van der Waals surface area (Å²) >= 11 is 7.02. The second kappa shape index (κ2) is 6.96. The van der Waals surface area contributed by atoms with Crippen molar-refractivity contribution in [2.45, 2.75) is 18.7 Å². The molecule has 0 saturated carbocycles. The molecule has 0 unspecified atom stereocenters. The second-order valence-corrected chi connectivity index (χ2v) is 6.19. The number of thioether (sulfide) groups is 1. The van der Waals surface area contributed by atoms with Crippen LogP contribution in [0.4, 0.5) is 10.1 Å². The molecule has 0 fully saturated rings. The highest BCUT2D eigenvalue weighted by atomic mass is 35.5. The molecular formula is C16H15ClFNOS. The van der Waals surface area contributed by atoms with Gasteiger partial charge in [0.1, 0.15) is 5.82 Å². The molecule has 0 aliphatic rings. The Kier molecular flexibility index (Phi) is 5.26. The van der Waals surface area contributed by atoms with Gasteiger partial charge >= 0.3 is 0 Å². The summed E-state index contributed by atoms with van der Waals surface area (Å²) in [4.78, 5) is 12.7. The smallest absolute Gasteiger partial charge is 0.234 e. The van der Waals surface area contributed by atoms with E-state index in [-0.39, 0.29) is 16.7 Å². The molecule has 0 aromatic heterocycles. The molecule has 2 aromatic carbocycles. The van der Waals surface area contributed by atoms with Crippen LogP contribution in [0.3, 0.4) is 0 Å². The van der Waals surface area contributed by atoms with E-state index >= 15 is 0 Å². The molecule has 0 aliphatic carbocycles. The molecule has 0 radical (unpaired) electrons. The molecule has 1 N–H and O–H groups in total. The van der Waals surface area contributed by atoms with E-state index in [0.717, 1.165) is 21.7 Å². The predicted octanol–water partition coefficient (Wildman–Crippen LogP) is 4.83. The molecule has 1 amide bonds. The van der Waals surface area contributed by atoms with Gasteiger partial charge in [0.15, 0.2) is 0 Å². The Morgan fingerprint density at radius 1 is 1.24 bits per heavy atom. The number of halogens is 2. The number of benzene rings is 2. The first-order valence-electron chi connectivity index (χ1n) is 6.40. The van der Waals surface area contributed by atoms with Crippen molar-refractivity contribution in [2.24, 2.45) is 0 Å². The maximum absolute atomic E-state index is 13.0. The fraction of sp³-hybridized carbons (Fsp3) is 0.188. The maximum atomic E-state index is 13.0. The van der Waals surface area contributed by atoms with E-state index in [4.69, 9.17) is 11.6 Å². The van der Waals surface area contributed by atoms with Crippen LogP contribution in [0.1, 0.15) is 11.1 Å². The van der Waals surface area contributed by atoms with Gasteiger partial charge in [0.25, 0.3) is 0 Å². The van der Waals surface area contributed by atoms with Gasteiger partial charge in [-0.25, -0.2) is 4.39 Å². The lowest BCUT2D eigenvalue weighted by Gasteiger charge is -2.09. The number of hydrogen-bond donors (Lipinski definition) is 1. The molecule has 2 nitrogen and oxygen atoms in total. The Bertz CT molecular complexity index is 675. The van der Waals surface area contributed by atoms with E-state index in [1.54, 1.807) is 6.07 Å². The van der Waals surface area contributed by atoms with Gasteiger partial charge in [-0.15, -0.1) is 11.8 Å². The maximum Gasteiger partial charge on any atom is 0.234 e. The molecule has 110 valence electrons. The summed E-state index contributed by atoms with van der Waals surface area (Å²) in [6, 6.07) is 10.3. The van der Waals surface area contributed by atoms with Crippen LogP contribution >= 0.6 is 23.4 Å². The van der Waals surface area contributed by atoms with Gasteiger partial charge in [0, 0.05) is 10.6 Å². The van der Waals surface area contributed by atoms with Crippen LogP contribution in [-0.2, 0) is 4.79 Å². The van der Waals surface area contributed by atoms with Crippen LogP contribution in [0.25, 0.3) is 0 Å². The Morgan fingerprint density at radius 3 is 2.67 bits per heavy atom. The average molecular weight is 324 g/mol. The third-order valence-electron chi connectivity index (χ3n) is 2.92. The summed E-state index contributed by atoms with van der Waals surface area (Å²) in [5.41, 5.74) is 2.99. The molecule has 0 bridgehead atoms. The standard InChI is InChI=1S/C16H15ClFNOS/c1-10-3-6-15(11(2)7-10)19-16(20)9-21-12-4-5-14(18)13(17)8-12/h3-8H,9H2,1-2H3,(H,19,20). The van der Waals surface area contributed by atoms with Crippen molar-refractivity contribution in [1.29, 1.82) is 0 Å². The second-order valence-electron chi connectivity index (χ2n) is 4.73. The van der Waals surface area contributed by atoms with Gasteiger partial charge in [0.05, 0.1) is 10.8 Å². The van der Waals surface area contributed by atoms with Crippen molar-refractivity contribution in [3.8, 4) is 0 Å². The van der Waals surface area contributed by atoms with E-state index in [1.807, 2.05) is 32.0 Å². The minimum atomic E-state index is -0.458. The van der Waals surface area contributed by atoms with Gasteiger partial charge in [-0.2, -0.15) is 0 Å². The molecule has 0 atom stereocenters. The first-order chi connectivity index (χ1) is 9.95. The van der Waals surface area contributed by atoms with Crippen molar-refractivity contribution in [3.63, 3.8) is 0 Å². The van der Waals surface area contributed by atoms with Crippen molar-refractivity contribution >= 4 is 35.0 Å². The first kappa shape index (κ1) is 15.9. The van der Waals surface area contributed by atoms with E-state index < -0.39 is 5.82 Å². The molecule has 0 saturated heterocycles. The van der Waals surface area contributed by atoms with E-state index in [9.17, 15) is 9.18 Å². The van der Waals surface area contributed by atoms with Gasteiger partial charge < -0.3 is 5.32 Å². The molecule has 2 aromatic rings. The molecule has 0 aliphatic heterocycles. The highest BCUT2D eigenvalue weighted by Gasteiger charge is 2.07. The summed E-state index contributed by atoms with van der Waals surface area (Å²) in [5.74, 6) is -0.317. The lowest BCUT2D eigenvalue weighted by molar-refractivity contribution is -0.113. The molecule has 5 heteroatoms. The summed E-state index contributed by atoms with van der Waals surface area (Å²) < 4.78 is 13.0. The zero-order valence-corrected chi connectivity index (χ0v) is 13.3. The van der Waals surface area contributed by atoms with Crippen LogP contribution in [0.5, 0.6) is 0 Å². The van der Waals surface area contributed by atoms with Crippen LogP contribution < -0.4 is 5.32 Å². The number of amides is 1. The van der Waals surface area contributed by atoms with Gasteiger partial charge in [-0.05, 0) is 43.7 Å².